The number of hydrogen-bond donors (Lipinski definition) is 3. The predicted molar refractivity (Wildman–Crippen MR) is 108 cm³/mol. The summed E-state index contributed by atoms with van der Waals surface area (Å²) < 4.78 is 0. The highest BCUT2D eigenvalue weighted by atomic mass is 16.1. The van der Waals surface area contributed by atoms with Crippen LogP contribution < -0.4 is 16.4 Å². The molecule has 6 nitrogen and oxygen atoms in total. The Bertz CT molecular complexity index is 1090. The Labute approximate surface area is 156 Å². The summed E-state index contributed by atoms with van der Waals surface area (Å²) in [6.45, 7) is 0. The van der Waals surface area contributed by atoms with Gasteiger partial charge < -0.3 is 16.4 Å². The average molecular weight is 355 g/mol. The molecule has 27 heavy (non-hydrogen) atoms. The van der Waals surface area contributed by atoms with Gasteiger partial charge in [0.15, 0.2) is 0 Å². The molecule has 1 aromatic heterocycles. The van der Waals surface area contributed by atoms with Gasteiger partial charge in [0.25, 0.3) is 5.91 Å². The second kappa shape index (κ2) is 7.13. The van der Waals surface area contributed by atoms with E-state index in [0.29, 0.717) is 17.1 Å². The van der Waals surface area contributed by atoms with Crippen molar-refractivity contribution < 1.29 is 4.79 Å². The lowest BCUT2D eigenvalue weighted by molar-refractivity contribution is 0.102. The Balaban J connectivity index is 1.51. The summed E-state index contributed by atoms with van der Waals surface area (Å²) in [6, 6.07) is 22.1. The maximum Gasteiger partial charge on any atom is 0.255 e. The zero-order valence-electron chi connectivity index (χ0n) is 14.4. The van der Waals surface area contributed by atoms with Crippen LogP contribution in [0, 0.1) is 0 Å². The summed E-state index contributed by atoms with van der Waals surface area (Å²) in [5.41, 5.74) is 9.43. The Hall–Kier alpha value is -3.93. The Morgan fingerprint density at radius 3 is 2.37 bits per heavy atom. The predicted octanol–water partition coefficient (Wildman–Crippen LogP) is 4.21. The van der Waals surface area contributed by atoms with Gasteiger partial charge in [-0.1, -0.05) is 18.2 Å². The number of amides is 1. The molecule has 132 valence electrons. The van der Waals surface area contributed by atoms with Crippen LogP contribution in [0.2, 0.25) is 0 Å². The minimum Gasteiger partial charge on any atom is -0.399 e. The molecule has 6 heteroatoms. The molecule has 0 radical (unpaired) electrons. The highest BCUT2D eigenvalue weighted by Crippen LogP contribution is 2.25. The van der Waals surface area contributed by atoms with E-state index in [9.17, 15) is 4.79 Å². The number of carbonyl (C=O) groups is 1. The number of aromatic nitrogens is 2. The third-order valence-electron chi connectivity index (χ3n) is 4.10. The topological polar surface area (TPSA) is 92.9 Å². The maximum absolute atomic E-state index is 12.2. The van der Waals surface area contributed by atoms with E-state index in [4.69, 9.17) is 5.73 Å². The quantitative estimate of drug-likeness (QED) is 0.477. The van der Waals surface area contributed by atoms with E-state index in [-0.39, 0.29) is 5.91 Å². The van der Waals surface area contributed by atoms with Crippen LogP contribution in [0.15, 0.2) is 79.1 Å². The molecule has 0 unspecified atom stereocenters. The van der Waals surface area contributed by atoms with Crippen molar-refractivity contribution in [3.05, 3.63) is 84.7 Å². The first-order valence-corrected chi connectivity index (χ1v) is 8.43. The van der Waals surface area contributed by atoms with Crippen LogP contribution in [0.3, 0.4) is 0 Å². The van der Waals surface area contributed by atoms with Crippen LogP contribution in [0.4, 0.5) is 22.9 Å². The number of carbonyl (C=O) groups excluding carboxylic acids is 1. The summed E-state index contributed by atoms with van der Waals surface area (Å²) in [5, 5.41) is 7.04. The zero-order valence-corrected chi connectivity index (χ0v) is 14.4. The molecule has 0 bridgehead atoms. The lowest BCUT2D eigenvalue weighted by Crippen LogP contribution is -2.11. The fourth-order valence-electron chi connectivity index (χ4n) is 2.74. The van der Waals surface area contributed by atoms with Gasteiger partial charge >= 0.3 is 0 Å². The SMILES string of the molecule is Nc1ccc2c(Nc3ccc(NC(=O)c4ccccc4)cc3)ncnc2c1. The Morgan fingerprint density at radius 2 is 1.59 bits per heavy atom. The number of benzene rings is 3. The van der Waals surface area contributed by atoms with Crippen LogP contribution in [-0.4, -0.2) is 15.9 Å². The molecule has 1 amide bonds. The van der Waals surface area contributed by atoms with Crippen LogP contribution in [0.5, 0.6) is 0 Å². The van der Waals surface area contributed by atoms with Crippen LogP contribution >= 0.6 is 0 Å². The summed E-state index contributed by atoms with van der Waals surface area (Å²) in [6.07, 6.45) is 1.50. The molecule has 4 N–H and O–H groups in total. The Kier molecular flexibility index (Phi) is 4.37. The van der Waals surface area contributed by atoms with E-state index in [2.05, 4.69) is 20.6 Å². The van der Waals surface area contributed by atoms with E-state index in [1.54, 1.807) is 12.1 Å². The maximum atomic E-state index is 12.2. The summed E-state index contributed by atoms with van der Waals surface area (Å²) >= 11 is 0. The summed E-state index contributed by atoms with van der Waals surface area (Å²) in [5.74, 6) is 0.553. The molecule has 0 aliphatic heterocycles. The van der Waals surface area contributed by atoms with Gasteiger partial charge in [-0.3, -0.25) is 4.79 Å². The van der Waals surface area contributed by atoms with Crippen molar-refractivity contribution in [2.45, 2.75) is 0 Å². The second-order valence-electron chi connectivity index (χ2n) is 6.02. The van der Waals surface area contributed by atoms with Gasteiger partial charge in [0.2, 0.25) is 0 Å². The lowest BCUT2D eigenvalue weighted by Gasteiger charge is -2.10. The molecule has 0 aliphatic rings. The average Bonchev–Trinajstić information content (AvgIpc) is 2.70. The zero-order chi connectivity index (χ0) is 18.6. The number of nitrogens with one attached hydrogen (secondary N) is 2. The molecule has 0 spiro atoms. The first kappa shape index (κ1) is 16.5. The number of anilines is 4. The molecule has 0 atom stereocenters. The van der Waals surface area contributed by atoms with Gasteiger partial charge in [-0.05, 0) is 54.6 Å². The van der Waals surface area contributed by atoms with Gasteiger partial charge in [-0.15, -0.1) is 0 Å². The molecule has 0 fully saturated rings. The number of fused-ring (bicyclic) bond motifs is 1. The highest BCUT2D eigenvalue weighted by molar-refractivity contribution is 6.04. The summed E-state index contributed by atoms with van der Waals surface area (Å²) in [4.78, 5) is 20.8. The molecule has 4 rings (SSSR count). The third kappa shape index (κ3) is 3.69. The Morgan fingerprint density at radius 1 is 0.852 bits per heavy atom. The molecule has 4 aromatic rings. The van der Waals surface area contributed by atoms with E-state index in [1.165, 1.54) is 6.33 Å². The van der Waals surface area contributed by atoms with E-state index in [0.717, 1.165) is 22.3 Å². The van der Waals surface area contributed by atoms with Gasteiger partial charge in [0, 0.05) is 28.0 Å². The number of hydrogen-bond acceptors (Lipinski definition) is 5. The third-order valence-corrected chi connectivity index (χ3v) is 4.10. The van der Waals surface area contributed by atoms with Crippen molar-refractivity contribution in [3.63, 3.8) is 0 Å². The number of nitrogens with zero attached hydrogens (tertiary/aromatic N) is 2. The number of rotatable bonds is 4. The highest BCUT2D eigenvalue weighted by Gasteiger charge is 2.07. The smallest absolute Gasteiger partial charge is 0.255 e. The van der Waals surface area contributed by atoms with Crippen LogP contribution in [0.1, 0.15) is 10.4 Å². The largest absolute Gasteiger partial charge is 0.399 e. The fourth-order valence-corrected chi connectivity index (χ4v) is 2.74. The van der Waals surface area contributed by atoms with Gasteiger partial charge in [-0.25, -0.2) is 9.97 Å². The van der Waals surface area contributed by atoms with Gasteiger partial charge in [0.1, 0.15) is 12.1 Å². The normalized spacial score (nSPS) is 10.5. The van der Waals surface area contributed by atoms with Crippen molar-refractivity contribution in [1.29, 1.82) is 0 Å². The number of nitrogens with two attached hydrogens (primary N) is 1. The van der Waals surface area contributed by atoms with E-state index in [1.807, 2.05) is 60.7 Å². The van der Waals surface area contributed by atoms with Gasteiger partial charge in [-0.2, -0.15) is 0 Å². The van der Waals surface area contributed by atoms with Crippen molar-refractivity contribution >= 4 is 39.7 Å². The van der Waals surface area contributed by atoms with E-state index < -0.39 is 0 Å². The fraction of sp³-hybridized carbons (Fsp3) is 0. The molecular formula is C21H17N5O. The van der Waals surface area contributed by atoms with Crippen LogP contribution in [-0.2, 0) is 0 Å². The standard InChI is InChI=1S/C21H17N5O/c22-15-6-11-18-19(12-15)23-13-24-20(18)25-16-7-9-17(10-8-16)26-21(27)14-4-2-1-3-5-14/h1-13H,22H2,(H,26,27)(H,23,24,25). The monoisotopic (exact) mass is 355 g/mol. The number of nitrogen functional groups attached to an aromatic ring is 1. The molecule has 0 saturated carbocycles. The van der Waals surface area contributed by atoms with Crippen molar-refractivity contribution in [2.75, 3.05) is 16.4 Å². The first-order chi connectivity index (χ1) is 13.2. The molecular weight excluding hydrogens is 338 g/mol. The minimum atomic E-state index is -0.143. The van der Waals surface area contributed by atoms with Crippen LogP contribution in [0.25, 0.3) is 10.9 Å². The molecule has 3 aromatic carbocycles. The molecule has 0 saturated heterocycles. The second-order valence-corrected chi connectivity index (χ2v) is 6.02. The molecule has 1 heterocycles. The van der Waals surface area contributed by atoms with Crippen molar-refractivity contribution in [3.8, 4) is 0 Å². The molecule has 0 aliphatic carbocycles. The van der Waals surface area contributed by atoms with Crippen molar-refractivity contribution in [1.82, 2.24) is 9.97 Å². The van der Waals surface area contributed by atoms with E-state index >= 15 is 0 Å². The minimum absolute atomic E-state index is 0.143. The van der Waals surface area contributed by atoms with Gasteiger partial charge in [0.05, 0.1) is 5.52 Å². The van der Waals surface area contributed by atoms with Crippen molar-refractivity contribution in [2.24, 2.45) is 0 Å². The first-order valence-electron chi connectivity index (χ1n) is 8.43. The lowest BCUT2D eigenvalue weighted by atomic mass is 10.2. The summed E-state index contributed by atoms with van der Waals surface area (Å²) in [7, 11) is 0.